The van der Waals surface area contributed by atoms with Gasteiger partial charge >= 0.3 is 0 Å². The number of benzene rings is 3. The van der Waals surface area contributed by atoms with Crippen LogP contribution in [0.2, 0.25) is 0 Å². The molecule has 0 radical (unpaired) electrons. The quantitative estimate of drug-likeness (QED) is 0.567. The van der Waals surface area contributed by atoms with E-state index in [1.54, 1.807) is 12.1 Å². The highest BCUT2D eigenvalue weighted by Gasteiger charge is 2.33. The van der Waals surface area contributed by atoms with Crippen molar-refractivity contribution in [2.24, 2.45) is 0 Å². The molecule has 4 rings (SSSR count). The Kier molecular flexibility index (Phi) is 5.00. The van der Waals surface area contributed by atoms with Crippen molar-refractivity contribution in [3.05, 3.63) is 102 Å². The number of hydrogen-bond acceptors (Lipinski definition) is 2. The first kappa shape index (κ1) is 19.0. The Morgan fingerprint density at radius 3 is 2.21 bits per heavy atom. The van der Waals surface area contributed by atoms with Crippen LogP contribution in [0.3, 0.4) is 0 Å². The predicted octanol–water partition coefficient (Wildman–Crippen LogP) is 5.03. The minimum atomic E-state index is -3.69. The van der Waals surface area contributed by atoms with Gasteiger partial charge in [-0.3, -0.25) is 4.31 Å². The summed E-state index contributed by atoms with van der Waals surface area (Å²) in [5.41, 5.74) is 4.26. The number of nitrogens with zero attached hydrogens (tertiary/aromatic N) is 1. The molecule has 3 aromatic rings. The third-order valence-electron chi connectivity index (χ3n) is 4.90. The topological polar surface area (TPSA) is 37.4 Å². The number of sulfonamides is 1. The summed E-state index contributed by atoms with van der Waals surface area (Å²) in [5, 5.41) is 0. The molecular weight excluding hydrogens is 378 g/mol. The number of fused-ring (bicyclic) bond motifs is 1. The number of aryl methyl sites for hydroxylation is 1. The summed E-state index contributed by atoms with van der Waals surface area (Å²) in [4.78, 5) is 0.289. The van der Waals surface area contributed by atoms with Gasteiger partial charge in [0, 0.05) is 16.7 Å². The lowest BCUT2D eigenvalue weighted by Gasteiger charge is -2.34. The Bertz CT molecular complexity index is 1230. The fourth-order valence-corrected chi connectivity index (χ4v) is 5.08. The largest absolute Gasteiger partial charge is 0.264 e. The van der Waals surface area contributed by atoms with Gasteiger partial charge in [-0.15, -0.1) is 0 Å². The summed E-state index contributed by atoms with van der Waals surface area (Å²) < 4.78 is 28.3. The molecular formula is C25H21NO2S. The van der Waals surface area contributed by atoms with E-state index in [2.05, 4.69) is 11.8 Å². The van der Waals surface area contributed by atoms with Gasteiger partial charge in [-0.25, -0.2) is 8.42 Å². The van der Waals surface area contributed by atoms with Gasteiger partial charge in [-0.05, 0) is 50.3 Å². The zero-order chi connectivity index (χ0) is 20.4. The monoisotopic (exact) mass is 399 g/mol. The average Bonchev–Trinajstić information content (AvgIpc) is 2.73. The Morgan fingerprint density at radius 2 is 1.48 bits per heavy atom. The Labute approximate surface area is 172 Å². The Morgan fingerprint density at radius 1 is 0.828 bits per heavy atom. The van der Waals surface area contributed by atoms with Crippen LogP contribution in [0.4, 0.5) is 5.69 Å². The van der Waals surface area contributed by atoms with Crippen LogP contribution < -0.4 is 4.31 Å². The average molecular weight is 400 g/mol. The third kappa shape index (κ3) is 3.70. The Hall–Kier alpha value is -3.29. The van der Waals surface area contributed by atoms with Gasteiger partial charge in [0.1, 0.15) is 0 Å². The minimum absolute atomic E-state index is 0.289. The highest BCUT2D eigenvalue weighted by Crippen LogP contribution is 2.37. The van der Waals surface area contributed by atoms with Crippen molar-refractivity contribution in [3.8, 4) is 11.8 Å². The van der Waals surface area contributed by atoms with Crippen molar-refractivity contribution in [3.63, 3.8) is 0 Å². The first-order chi connectivity index (χ1) is 14.0. The number of anilines is 1. The molecule has 0 fully saturated rings. The lowest BCUT2D eigenvalue weighted by Crippen LogP contribution is -2.40. The molecule has 0 saturated carbocycles. The molecule has 144 valence electrons. The van der Waals surface area contributed by atoms with Crippen molar-refractivity contribution < 1.29 is 8.42 Å². The molecule has 1 aliphatic heterocycles. The van der Waals surface area contributed by atoms with Crippen LogP contribution in [0.15, 0.2) is 89.8 Å². The fourth-order valence-electron chi connectivity index (χ4n) is 3.45. The van der Waals surface area contributed by atoms with Gasteiger partial charge in [0.15, 0.2) is 0 Å². The molecule has 0 aromatic heterocycles. The van der Waals surface area contributed by atoms with Gasteiger partial charge in [0.25, 0.3) is 10.0 Å². The molecule has 3 nitrogen and oxygen atoms in total. The van der Waals surface area contributed by atoms with Crippen molar-refractivity contribution >= 4 is 21.3 Å². The molecule has 0 bridgehead atoms. The Balaban J connectivity index is 1.79. The summed E-state index contributed by atoms with van der Waals surface area (Å²) in [6, 6.07) is 23.9. The first-order valence-corrected chi connectivity index (χ1v) is 10.9. The highest BCUT2D eigenvalue weighted by atomic mass is 32.2. The maximum Gasteiger partial charge on any atom is 0.264 e. The van der Waals surface area contributed by atoms with Gasteiger partial charge < -0.3 is 0 Å². The van der Waals surface area contributed by atoms with Crippen molar-refractivity contribution in [2.75, 3.05) is 4.31 Å². The van der Waals surface area contributed by atoms with E-state index in [1.165, 1.54) is 4.31 Å². The number of hydrogen-bond donors (Lipinski definition) is 0. The minimum Gasteiger partial charge on any atom is -0.259 e. The molecule has 0 aliphatic carbocycles. The van der Waals surface area contributed by atoms with Crippen molar-refractivity contribution in [1.29, 1.82) is 0 Å². The summed E-state index contributed by atoms with van der Waals surface area (Å²) >= 11 is 0. The van der Waals surface area contributed by atoms with Crippen molar-refractivity contribution in [1.82, 2.24) is 0 Å². The highest BCUT2D eigenvalue weighted by molar-refractivity contribution is 7.92. The van der Waals surface area contributed by atoms with Gasteiger partial charge in [0.2, 0.25) is 0 Å². The van der Waals surface area contributed by atoms with Crippen LogP contribution in [-0.4, -0.2) is 14.5 Å². The molecule has 1 heterocycles. The summed E-state index contributed by atoms with van der Waals surface area (Å²) in [6.07, 6.45) is 1.92. The normalized spacial score (nSPS) is 15.7. The van der Waals surface area contributed by atoms with Crippen LogP contribution in [0.1, 0.15) is 23.6 Å². The number of para-hydroxylation sites is 1. The van der Waals surface area contributed by atoms with E-state index in [4.69, 9.17) is 0 Å². The van der Waals surface area contributed by atoms with Crippen LogP contribution in [0.25, 0.3) is 5.57 Å². The molecule has 0 saturated heterocycles. The van der Waals surface area contributed by atoms with Gasteiger partial charge in [0.05, 0.1) is 16.6 Å². The lowest BCUT2D eigenvalue weighted by atomic mass is 9.97. The number of rotatable bonds is 2. The molecule has 0 amide bonds. The maximum atomic E-state index is 13.4. The van der Waals surface area contributed by atoms with E-state index in [-0.39, 0.29) is 10.9 Å². The second-order valence-electron chi connectivity index (χ2n) is 7.07. The predicted molar refractivity (Wildman–Crippen MR) is 118 cm³/mol. The van der Waals surface area contributed by atoms with Gasteiger partial charge in [-0.2, -0.15) is 0 Å². The second-order valence-corrected chi connectivity index (χ2v) is 8.88. The lowest BCUT2D eigenvalue weighted by molar-refractivity contribution is 0.587. The first-order valence-electron chi connectivity index (χ1n) is 9.46. The molecule has 0 spiro atoms. The SMILES string of the molecule is Cc1ccc(S(=O)(=O)N2c3ccccc3C(C#Cc3ccccc3)=CC2C)cc1. The molecule has 1 aliphatic rings. The smallest absolute Gasteiger partial charge is 0.259 e. The molecule has 3 aromatic carbocycles. The van der Waals surface area contributed by atoms with E-state index < -0.39 is 10.0 Å². The summed E-state index contributed by atoms with van der Waals surface area (Å²) in [5.74, 6) is 6.41. The standard InChI is InChI=1S/C25H21NO2S/c1-19-12-16-23(17-13-19)29(27,28)26-20(2)18-22(24-10-6-7-11-25(24)26)15-14-21-8-4-3-5-9-21/h3-13,16-18,20H,1-2H3. The van der Waals surface area contributed by atoms with E-state index in [9.17, 15) is 8.42 Å². The molecule has 1 atom stereocenters. The van der Waals surface area contributed by atoms with Crippen LogP contribution in [0, 0.1) is 18.8 Å². The van der Waals surface area contributed by atoms with Crippen molar-refractivity contribution in [2.45, 2.75) is 24.8 Å². The summed E-state index contributed by atoms with van der Waals surface area (Å²) in [6.45, 7) is 3.82. The van der Waals surface area contributed by atoms with Crippen LogP contribution in [-0.2, 0) is 10.0 Å². The van der Waals surface area contributed by atoms with Crippen LogP contribution in [0.5, 0.6) is 0 Å². The van der Waals surface area contributed by atoms with E-state index in [0.717, 1.165) is 22.3 Å². The van der Waals surface area contributed by atoms with E-state index >= 15 is 0 Å². The maximum absolute atomic E-state index is 13.4. The van der Waals surface area contributed by atoms with E-state index in [1.807, 2.05) is 86.7 Å². The molecule has 29 heavy (non-hydrogen) atoms. The van der Waals surface area contributed by atoms with Gasteiger partial charge in [-0.1, -0.05) is 65.9 Å². The van der Waals surface area contributed by atoms with E-state index in [0.29, 0.717) is 5.69 Å². The molecule has 1 unspecified atom stereocenters. The fraction of sp³-hybridized carbons (Fsp3) is 0.120. The number of allylic oxidation sites excluding steroid dienone is 1. The molecule has 4 heteroatoms. The molecule has 0 N–H and O–H groups in total. The second kappa shape index (κ2) is 7.62. The van der Waals surface area contributed by atoms with Crippen LogP contribution >= 0.6 is 0 Å². The zero-order valence-corrected chi connectivity index (χ0v) is 17.1. The summed E-state index contributed by atoms with van der Waals surface area (Å²) in [7, 11) is -3.69. The third-order valence-corrected chi connectivity index (χ3v) is 6.82. The zero-order valence-electron chi connectivity index (χ0n) is 16.3.